The minimum atomic E-state index is -5.16. The lowest BCUT2D eigenvalue weighted by Gasteiger charge is -2.33. The minimum absolute atomic E-state index is 0.0719. The molecule has 33 heavy (non-hydrogen) atoms. The van der Waals surface area contributed by atoms with Crippen LogP contribution >= 0.6 is 11.3 Å². The highest BCUT2D eigenvalue weighted by atomic mass is 32.1. The Balaban J connectivity index is 1.98. The normalized spacial score (nSPS) is 16.8. The molecule has 0 spiro atoms. The molecule has 0 saturated carbocycles. The lowest BCUT2D eigenvalue weighted by Crippen LogP contribution is -2.30. The van der Waals surface area contributed by atoms with Gasteiger partial charge in [0.25, 0.3) is 5.91 Å². The van der Waals surface area contributed by atoms with Gasteiger partial charge < -0.3 is 10.6 Å². The summed E-state index contributed by atoms with van der Waals surface area (Å²) in [6.07, 6.45) is -8.18. The van der Waals surface area contributed by atoms with Crippen molar-refractivity contribution in [3.05, 3.63) is 45.8 Å². The molecule has 2 aromatic rings. The fourth-order valence-corrected chi connectivity index (χ4v) is 5.11. The van der Waals surface area contributed by atoms with Crippen molar-refractivity contribution in [1.82, 2.24) is 0 Å². The molecule has 1 aromatic heterocycles. The summed E-state index contributed by atoms with van der Waals surface area (Å²) in [7, 11) is 0. The Kier molecular flexibility index (Phi) is 6.58. The van der Waals surface area contributed by atoms with Crippen LogP contribution in [0.25, 0.3) is 0 Å². The van der Waals surface area contributed by atoms with E-state index >= 15 is 0 Å². The molecule has 0 saturated heterocycles. The maximum atomic E-state index is 13.0. The Hall–Kier alpha value is -2.56. The predicted molar refractivity (Wildman–Crippen MR) is 113 cm³/mol. The number of thiophene rings is 1. The van der Waals surface area contributed by atoms with Crippen LogP contribution in [0.1, 0.15) is 53.6 Å². The zero-order valence-corrected chi connectivity index (χ0v) is 18.8. The molecule has 4 nitrogen and oxygen atoms in total. The van der Waals surface area contributed by atoms with E-state index in [2.05, 4.69) is 5.32 Å². The third-order valence-corrected chi connectivity index (χ3v) is 6.82. The van der Waals surface area contributed by atoms with Gasteiger partial charge in [-0.25, -0.2) is 0 Å². The first-order chi connectivity index (χ1) is 15.1. The highest BCUT2D eigenvalue weighted by molar-refractivity contribution is 7.17. The summed E-state index contributed by atoms with van der Waals surface area (Å²) in [5, 5.41) is 3.85. The fourth-order valence-electron chi connectivity index (χ4n) is 3.79. The molecule has 2 N–H and O–H groups in total. The van der Waals surface area contributed by atoms with Crippen LogP contribution in [0.3, 0.4) is 0 Å². The van der Waals surface area contributed by atoms with Gasteiger partial charge in [0.05, 0.1) is 11.1 Å². The van der Waals surface area contributed by atoms with Crippen molar-refractivity contribution in [2.45, 2.75) is 52.4 Å². The average molecular weight is 492 g/mol. The Morgan fingerprint density at radius 2 is 1.70 bits per heavy atom. The summed E-state index contributed by atoms with van der Waals surface area (Å²) in [4.78, 5) is 25.3. The average Bonchev–Trinajstić information content (AvgIpc) is 3.03. The van der Waals surface area contributed by atoms with E-state index in [1.807, 2.05) is 20.8 Å². The second kappa shape index (κ2) is 8.66. The number of anilines is 2. The summed E-state index contributed by atoms with van der Waals surface area (Å²) in [5.74, 6) is -2.88. The Morgan fingerprint density at radius 3 is 2.27 bits per heavy atom. The number of carbonyl (C=O) groups is 2. The summed E-state index contributed by atoms with van der Waals surface area (Å²) < 4.78 is 77.5. The van der Waals surface area contributed by atoms with Crippen LogP contribution in [0, 0.1) is 11.3 Å². The SMILES string of the molecule is CC(C)(C)C1CCc2c(sc(NC(=O)C(F)(F)F)c2C(=O)Nc2cccc(C(F)(F)F)c2)C1. The predicted octanol–water partition coefficient (Wildman–Crippen LogP) is 6.67. The van der Waals surface area contributed by atoms with Crippen molar-refractivity contribution >= 4 is 33.8 Å². The van der Waals surface area contributed by atoms with Crippen molar-refractivity contribution in [2.24, 2.45) is 11.3 Å². The van der Waals surface area contributed by atoms with Gasteiger partial charge in [-0.05, 0) is 54.4 Å². The van der Waals surface area contributed by atoms with Crippen LogP contribution < -0.4 is 10.6 Å². The van der Waals surface area contributed by atoms with E-state index in [1.165, 1.54) is 6.07 Å². The molecule has 0 aliphatic heterocycles. The molecule has 0 bridgehead atoms. The number of alkyl halides is 6. The molecule has 1 aliphatic rings. The van der Waals surface area contributed by atoms with E-state index in [9.17, 15) is 35.9 Å². The zero-order valence-electron chi connectivity index (χ0n) is 18.0. The topological polar surface area (TPSA) is 58.2 Å². The summed E-state index contributed by atoms with van der Waals surface area (Å²) in [5.41, 5.74) is -0.838. The molecule has 0 radical (unpaired) electrons. The van der Waals surface area contributed by atoms with Gasteiger partial charge in [0.1, 0.15) is 5.00 Å². The van der Waals surface area contributed by atoms with Crippen LogP contribution in [0.2, 0.25) is 0 Å². The maximum absolute atomic E-state index is 13.0. The number of hydrogen-bond acceptors (Lipinski definition) is 3. The van der Waals surface area contributed by atoms with Gasteiger partial charge >= 0.3 is 18.3 Å². The van der Waals surface area contributed by atoms with Gasteiger partial charge in [0.15, 0.2) is 0 Å². The first kappa shape index (κ1) is 25.1. The molecule has 2 amide bonds. The van der Waals surface area contributed by atoms with Crippen LogP contribution in [-0.4, -0.2) is 18.0 Å². The molecule has 3 rings (SSSR count). The van der Waals surface area contributed by atoms with Crippen molar-refractivity contribution < 1.29 is 35.9 Å². The number of amides is 2. The van der Waals surface area contributed by atoms with Crippen LogP contribution in [0.15, 0.2) is 24.3 Å². The van der Waals surface area contributed by atoms with Crippen molar-refractivity contribution in [2.75, 3.05) is 10.6 Å². The second-order valence-electron chi connectivity index (χ2n) is 9.00. The first-order valence-electron chi connectivity index (χ1n) is 10.1. The quantitative estimate of drug-likeness (QED) is 0.470. The molecule has 1 atom stereocenters. The number of halogens is 6. The summed E-state index contributed by atoms with van der Waals surface area (Å²) in [6, 6.07) is 3.93. The molecule has 1 unspecified atom stereocenters. The minimum Gasteiger partial charge on any atom is -0.322 e. The zero-order chi connectivity index (χ0) is 24.8. The first-order valence-corrected chi connectivity index (χ1v) is 10.9. The third kappa shape index (κ3) is 5.69. The van der Waals surface area contributed by atoms with Gasteiger partial charge in [-0.2, -0.15) is 26.3 Å². The summed E-state index contributed by atoms with van der Waals surface area (Å²) >= 11 is 0.900. The van der Waals surface area contributed by atoms with Crippen LogP contribution in [0.5, 0.6) is 0 Å². The number of benzene rings is 1. The molecular formula is C22H22F6N2O2S. The van der Waals surface area contributed by atoms with E-state index in [1.54, 1.807) is 5.32 Å². The lowest BCUT2D eigenvalue weighted by molar-refractivity contribution is -0.167. The fraction of sp³-hybridized carbons (Fsp3) is 0.455. The van der Waals surface area contributed by atoms with Crippen LogP contribution in [0.4, 0.5) is 37.0 Å². The monoisotopic (exact) mass is 492 g/mol. The standard InChI is InChI=1S/C22H22F6N2O2S/c1-20(2,3)11-7-8-14-15(10-11)33-18(30-19(32)22(26,27)28)16(14)17(31)29-13-6-4-5-12(9-13)21(23,24)25/h4-6,9,11H,7-8,10H2,1-3H3,(H,29,31)(H,30,32). The maximum Gasteiger partial charge on any atom is 0.471 e. The molecule has 1 aliphatic carbocycles. The van der Waals surface area contributed by atoms with Crippen LogP contribution in [-0.2, 0) is 23.8 Å². The Morgan fingerprint density at radius 1 is 1.03 bits per heavy atom. The molecule has 11 heteroatoms. The molecule has 180 valence electrons. The van der Waals surface area contributed by atoms with Gasteiger partial charge in [-0.3, -0.25) is 9.59 Å². The lowest BCUT2D eigenvalue weighted by atomic mass is 9.72. The summed E-state index contributed by atoms with van der Waals surface area (Å²) in [6.45, 7) is 6.14. The number of carbonyl (C=O) groups excluding carboxylic acids is 2. The van der Waals surface area contributed by atoms with Crippen molar-refractivity contribution in [3.8, 4) is 0 Å². The second-order valence-corrected chi connectivity index (χ2v) is 10.1. The van der Waals surface area contributed by atoms with Gasteiger partial charge in [0.2, 0.25) is 0 Å². The highest BCUT2D eigenvalue weighted by Gasteiger charge is 2.41. The number of rotatable bonds is 3. The van der Waals surface area contributed by atoms with E-state index in [0.717, 1.165) is 29.5 Å². The van der Waals surface area contributed by atoms with E-state index in [-0.39, 0.29) is 27.6 Å². The Labute approximate surface area is 190 Å². The van der Waals surface area contributed by atoms with E-state index < -0.39 is 29.7 Å². The molecule has 1 aromatic carbocycles. The third-order valence-electron chi connectivity index (χ3n) is 5.65. The smallest absolute Gasteiger partial charge is 0.322 e. The number of fused-ring (bicyclic) bond motifs is 1. The number of nitrogens with one attached hydrogen (secondary N) is 2. The van der Waals surface area contributed by atoms with Crippen molar-refractivity contribution in [3.63, 3.8) is 0 Å². The molecule has 0 fully saturated rings. The van der Waals surface area contributed by atoms with E-state index in [4.69, 9.17) is 0 Å². The largest absolute Gasteiger partial charge is 0.471 e. The molecular weight excluding hydrogens is 470 g/mol. The van der Waals surface area contributed by atoms with Gasteiger partial charge in [-0.1, -0.05) is 26.8 Å². The Bertz CT molecular complexity index is 1070. The van der Waals surface area contributed by atoms with Gasteiger partial charge in [0, 0.05) is 10.6 Å². The van der Waals surface area contributed by atoms with E-state index in [0.29, 0.717) is 29.7 Å². The van der Waals surface area contributed by atoms with Crippen molar-refractivity contribution in [1.29, 1.82) is 0 Å². The number of hydrogen-bond donors (Lipinski definition) is 2. The molecule has 1 heterocycles. The van der Waals surface area contributed by atoms with Gasteiger partial charge in [-0.15, -0.1) is 11.3 Å². The highest BCUT2D eigenvalue weighted by Crippen LogP contribution is 2.45.